The summed E-state index contributed by atoms with van der Waals surface area (Å²) in [7, 11) is 3.59. The maximum atomic E-state index is 12.2. The maximum absolute atomic E-state index is 12.2. The Morgan fingerprint density at radius 3 is 2.50 bits per heavy atom. The first kappa shape index (κ1) is 16.7. The van der Waals surface area contributed by atoms with Gasteiger partial charge in [-0.05, 0) is 42.4 Å². The van der Waals surface area contributed by atoms with Crippen LogP contribution in [0.25, 0.3) is 0 Å². The summed E-state index contributed by atoms with van der Waals surface area (Å²) in [6, 6.07) is 13.1. The summed E-state index contributed by atoms with van der Waals surface area (Å²) in [5.41, 5.74) is 1.94. The minimum absolute atomic E-state index is 0.126. The molecular formula is C20H21NO5. The smallest absolute Gasteiger partial charge is 0.309 e. The summed E-state index contributed by atoms with van der Waals surface area (Å²) < 4.78 is 16.0. The van der Waals surface area contributed by atoms with E-state index >= 15 is 0 Å². The van der Waals surface area contributed by atoms with E-state index in [9.17, 15) is 9.90 Å². The lowest BCUT2D eigenvalue weighted by molar-refractivity contribution is -0.143. The molecule has 0 spiro atoms. The molecule has 1 fully saturated rings. The van der Waals surface area contributed by atoms with Gasteiger partial charge in [-0.2, -0.15) is 0 Å². The van der Waals surface area contributed by atoms with Gasteiger partial charge in [-0.15, -0.1) is 0 Å². The van der Waals surface area contributed by atoms with E-state index in [-0.39, 0.29) is 18.8 Å². The molecule has 2 aromatic carbocycles. The summed E-state index contributed by atoms with van der Waals surface area (Å²) in [6.07, 6.45) is 0. The van der Waals surface area contributed by atoms with Crippen LogP contribution in [0, 0.1) is 5.92 Å². The Labute approximate surface area is 151 Å². The van der Waals surface area contributed by atoms with Crippen LogP contribution in [0.1, 0.15) is 23.1 Å². The SMILES string of the molecule is COc1ccc([C@@H]2[C@H](C(=O)O)[C@@H](c3ccc4c(c3)OCO4)CN2C)cc1. The minimum atomic E-state index is -0.794. The molecule has 26 heavy (non-hydrogen) atoms. The van der Waals surface area contributed by atoms with Crippen molar-refractivity contribution < 1.29 is 24.1 Å². The summed E-state index contributed by atoms with van der Waals surface area (Å²) in [5, 5.41) is 9.98. The number of carboxylic acids is 1. The monoisotopic (exact) mass is 355 g/mol. The lowest BCUT2D eigenvalue weighted by Crippen LogP contribution is -2.26. The molecule has 0 aliphatic carbocycles. The number of benzene rings is 2. The highest BCUT2D eigenvalue weighted by molar-refractivity contribution is 5.74. The van der Waals surface area contributed by atoms with E-state index in [0.717, 1.165) is 16.9 Å². The Morgan fingerprint density at radius 1 is 1.12 bits per heavy atom. The Balaban J connectivity index is 1.69. The Morgan fingerprint density at radius 2 is 1.81 bits per heavy atom. The van der Waals surface area contributed by atoms with Gasteiger partial charge >= 0.3 is 5.97 Å². The van der Waals surface area contributed by atoms with Crippen molar-refractivity contribution in [1.29, 1.82) is 0 Å². The molecule has 0 aromatic heterocycles. The van der Waals surface area contributed by atoms with E-state index in [1.807, 2.05) is 49.5 Å². The van der Waals surface area contributed by atoms with Gasteiger partial charge in [0.05, 0.1) is 13.0 Å². The fourth-order valence-electron chi connectivity index (χ4n) is 4.06. The lowest BCUT2D eigenvalue weighted by atomic mass is 9.83. The number of nitrogens with zero attached hydrogens (tertiary/aromatic N) is 1. The van der Waals surface area contributed by atoms with Crippen LogP contribution in [0.5, 0.6) is 17.2 Å². The fraction of sp³-hybridized carbons (Fsp3) is 0.350. The highest BCUT2D eigenvalue weighted by atomic mass is 16.7. The van der Waals surface area contributed by atoms with Gasteiger partial charge in [0.25, 0.3) is 0 Å². The quantitative estimate of drug-likeness (QED) is 0.910. The molecule has 0 unspecified atom stereocenters. The van der Waals surface area contributed by atoms with Gasteiger partial charge in [-0.25, -0.2) is 0 Å². The summed E-state index contributed by atoms with van der Waals surface area (Å²) >= 11 is 0. The van der Waals surface area contributed by atoms with Crippen LogP contribution in [-0.4, -0.2) is 43.5 Å². The van der Waals surface area contributed by atoms with Crippen LogP contribution in [0.2, 0.25) is 0 Å². The van der Waals surface area contributed by atoms with E-state index in [0.29, 0.717) is 18.0 Å². The van der Waals surface area contributed by atoms with Crippen molar-refractivity contribution in [1.82, 2.24) is 4.90 Å². The number of fused-ring (bicyclic) bond motifs is 1. The van der Waals surface area contributed by atoms with E-state index < -0.39 is 11.9 Å². The summed E-state index contributed by atoms with van der Waals surface area (Å²) in [4.78, 5) is 14.3. The molecule has 0 amide bonds. The summed E-state index contributed by atoms with van der Waals surface area (Å²) in [6.45, 7) is 0.869. The topological polar surface area (TPSA) is 68.2 Å². The third-order valence-electron chi connectivity index (χ3n) is 5.30. The van der Waals surface area contributed by atoms with E-state index in [2.05, 4.69) is 4.90 Å². The Hall–Kier alpha value is -2.73. The van der Waals surface area contributed by atoms with Gasteiger partial charge < -0.3 is 19.3 Å². The van der Waals surface area contributed by atoms with Crippen molar-refractivity contribution in [2.24, 2.45) is 5.92 Å². The number of rotatable bonds is 4. The van der Waals surface area contributed by atoms with Crippen LogP contribution < -0.4 is 14.2 Å². The Bertz CT molecular complexity index is 819. The minimum Gasteiger partial charge on any atom is -0.497 e. The number of likely N-dealkylation sites (N-methyl/N-ethyl adjacent to an activating group) is 1. The van der Waals surface area contributed by atoms with Crippen LogP contribution in [-0.2, 0) is 4.79 Å². The average molecular weight is 355 g/mol. The van der Waals surface area contributed by atoms with Crippen molar-refractivity contribution in [2.45, 2.75) is 12.0 Å². The van der Waals surface area contributed by atoms with Crippen molar-refractivity contribution >= 4 is 5.97 Å². The number of hydrogen-bond acceptors (Lipinski definition) is 5. The number of likely N-dealkylation sites (tertiary alicyclic amines) is 1. The van der Waals surface area contributed by atoms with Crippen LogP contribution in [0.4, 0.5) is 0 Å². The molecule has 6 heteroatoms. The molecule has 0 bridgehead atoms. The Kier molecular flexibility index (Phi) is 4.20. The third kappa shape index (κ3) is 2.76. The van der Waals surface area contributed by atoms with Gasteiger partial charge in [0.1, 0.15) is 5.75 Å². The second kappa shape index (κ2) is 6.53. The normalized spacial score (nSPS) is 24.6. The van der Waals surface area contributed by atoms with E-state index in [1.165, 1.54) is 0 Å². The first-order valence-corrected chi connectivity index (χ1v) is 8.55. The molecule has 2 aliphatic heterocycles. The maximum Gasteiger partial charge on any atom is 0.309 e. The van der Waals surface area contributed by atoms with Crippen molar-refractivity contribution in [2.75, 3.05) is 27.5 Å². The molecule has 1 saturated heterocycles. The second-order valence-corrected chi connectivity index (χ2v) is 6.74. The zero-order valence-electron chi connectivity index (χ0n) is 14.7. The number of aliphatic carboxylic acids is 1. The zero-order chi connectivity index (χ0) is 18.3. The number of carboxylic acid groups (broad SMARTS) is 1. The van der Waals surface area contributed by atoms with E-state index in [1.54, 1.807) is 7.11 Å². The lowest BCUT2D eigenvalue weighted by Gasteiger charge is -2.24. The molecule has 2 heterocycles. The number of carbonyl (C=O) groups is 1. The van der Waals surface area contributed by atoms with Crippen molar-refractivity contribution in [3.05, 3.63) is 53.6 Å². The number of ether oxygens (including phenoxy) is 3. The first-order chi connectivity index (χ1) is 12.6. The fourth-order valence-corrected chi connectivity index (χ4v) is 4.06. The van der Waals surface area contributed by atoms with Crippen LogP contribution in [0.3, 0.4) is 0 Å². The van der Waals surface area contributed by atoms with Crippen LogP contribution >= 0.6 is 0 Å². The molecule has 0 saturated carbocycles. The van der Waals surface area contributed by atoms with Gasteiger partial charge in [-0.1, -0.05) is 18.2 Å². The molecule has 2 aliphatic rings. The van der Waals surface area contributed by atoms with Crippen LogP contribution in [0.15, 0.2) is 42.5 Å². The average Bonchev–Trinajstić information content (AvgIpc) is 3.25. The molecule has 0 radical (unpaired) electrons. The molecule has 3 atom stereocenters. The van der Waals surface area contributed by atoms with Gasteiger partial charge in [0, 0.05) is 18.5 Å². The molecule has 4 rings (SSSR count). The van der Waals surface area contributed by atoms with E-state index in [4.69, 9.17) is 14.2 Å². The van der Waals surface area contributed by atoms with Crippen molar-refractivity contribution in [3.8, 4) is 17.2 Å². The second-order valence-electron chi connectivity index (χ2n) is 6.74. The molecule has 2 aromatic rings. The third-order valence-corrected chi connectivity index (χ3v) is 5.30. The molecule has 6 nitrogen and oxygen atoms in total. The molecule has 136 valence electrons. The predicted octanol–water partition coefficient (Wildman–Crippen LogP) is 2.90. The zero-order valence-corrected chi connectivity index (χ0v) is 14.7. The van der Waals surface area contributed by atoms with Gasteiger partial charge in [-0.3, -0.25) is 9.69 Å². The number of methoxy groups -OCH3 is 1. The standard InChI is InChI=1S/C20H21NO5/c1-21-10-15(13-5-8-16-17(9-13)26-11-25-16)18(20(22)23)19(21)12-3-6-14(24-2)7-4-12/h3-9,15,18-19H,10-11H2,1-2H3,(H,22,23)/t15-,18-,19-/m1/s1. The summed E-state index contributed by atoms with van der Waals surface area (Å²) in [5.74, 6) is 0.681. The largest absolute Gasteiger partial charge is 0.497 e. The molecule has 1 N–H and O–H groups in total. The first-order valence-electron chi connectivity index (χ1n) is 8.55. The highest BCUT2D eigenvalue weighted by Crippen LogP contribution is 2.47. The predicted molar refractivity (Wildman–Crippen MR) is 94.8 cm³/mol. The highest BCUT2D eigenvalue weighted by Gasteiger charge is 2.46. The molecular weight excluding hydrogens is 334 g/mol. The van der Waals surface area contributed by atoms with Gasteiger partial charge in [0.2, 0.25) is 6.79 Å². The van der Waals surface area contributed by atoms with Crippen molar-refractivity contribution in [3.63, 3.8) is 0 Å². The van der Waals surface area contributed by atoms with Gasteiger partial charge in [0.15, 0.2) is 11.5 Å². The number of hydrogen-bond donors (Lipinski definition) is 1.